The molecule has 7 nitrogen and oxygen atoms in total. The zero-order valence-electron chi connectivity index (χ0n) is 16.8. The maximum atomic E-state index is 12.8. The number of hydrogen-bond acceptors (Lipinski definition) is 4. The van der Waals surface area contributed by atoms with Gasteiger partial charge in [-0.3, -0.25) is 0 Å². The van der Waals surface area contributed by atoms with Gasteiger partial charge in [-0.1, -0.05) is 19.9 Å². The number of aryl methyl sites for hydroxylation is 2. The van der Waals surface area contributed by atoms with Crippen LogP contribution in [0.2, 0.25) is 0 Å². The number of amides is 2. The molecule has 2 amide bonds. The Morgan fingerprint density at radius 2 is 2.17 bits per heavy atom. The molecule has 0 spiro atoms. The van der Waals surface area contributed by atoms with Gasteiger partial charge in [0.1, 0.15) is 4.90 Å². The number of carbonyl (C=O) groups is 1. The van der Waals surface area contributed by atoms with Gasteiger partial charge in [0.15, 0.2) is 0 Å². The average Bonchev–Trinajstić information content (AvgIpc) is 3.39. The van der Waals surface area contributed by atoms with E-state index in [2.05, 4.69) is 34.7 Å². The second kappa shape index (κ2) is 7.16. The molecular formula is C21H26N4O3S. The fraction of sp³-hybridized carbons (Fsp3) is 0.524. The Balaban J connectivity index is 1.44. The van der Waals surface area contributed by atoms with Crippen LogP contribution in [0.4, 0.5) is 10.5 Å². The minimum atomic E-state index is -2.27. The summed E-state index contributed by atoms with van der Waals surface area (Å²) < 4.78 is 24.1. The average molecular weight is 415 g/mol. The van der Waals surface area contributed by atoms with Crippen LogP contribution < -0.4 is 10.1 Å². The molecule has 0 saturated heterocycles. The second-order valence-electron chi connectivity index (χ2n) is 8.49. The van der Waals surface area contributed by atoms with E-state index in [9.17, 15) is 9.00 Å². The van der Waals surface area contributed by atoms with E-state index < -0.39 is 16.6 Å². The Morgan fingerprint density at radius 3 is 3.03 bits per heavy atom. The molecule has 1 N–H and O–H groups in total. The highest BCUT2D eigenvalue weighted by molar-refractivity contribution is 7.75. The van der Waals surface area contributed by atoms with Crippen LogP contribution in [0.25, 0.3) is 0 Å². The smallest absolute Gasteiger partial charge is 0.353 e. The van der Waals surface area contributed by atoms with E-state index in [4.69, 9.17) is 4.74 Å². The van der Waals surface area contributed by atoms with Crippen molar-refractivity contribution in [3.63, 3.8) is 0 Å². The van der Waals surface area contributed by atoms with E-state index in [0.717, 1.165) is 37.8 Å². The molecule has 2 heterocycles. The van der Waals surface area contributed by atoms with Gasteiger partial charge in [-0.05, 0) is 60.3 Å². The summed E-state index contributed by atoms with van der Waals surface area (Å²) in [5.74, 6) is 1.23. The zero-order valence-corrected chi connectivity index (χ0v) is 17.7. The minimum Gasteiger partial charge on any atom is -0.477 e. The highest BCUT2D eigenvalue weighted by atomic mass is 32.2. The van der Waals surface area contributed by atoms with Crippen molar-refractivity contribution < 1.29 is 13.7 Å². The molecule has 3 atom stereocenters. The Kier molecular flexibility index (Phi) is 4.61. The summed E-state index contributed by atoms with van der Waals surface area (Å²) >= 11 is 0. The van der Waals surface area contributed by atoms with E-state index in [1.807, 2.05) is 0 Å². The lowest BCUT2D eigenvalue weighted by Gasteiger charge is -2.21. The molecular weight excluding hydrogens is 388 g/mol. The molecule has 0 fully saturated rings. The minimum absolute atomic E-state index is 0.345. The number of nitrogens with zero attached hydrogens (tertiary/aromatic N) is 3. The first-order valence-corrected chi connectivity index (χ1v) is 11.6. The molecule has 5 rings (SSSR count). The van der Waals surface area contributed by atoms with Gasteiger partial charge in [0.25, 0.3) is 0 Å². The molecule has 1 aromatic carbocycles. The number of rotatable bonds is 2. The summed E-state index contributed by atoms with van der Waals surface area (Å²) in [6.07, 6.45) is 6.80. The maximum absolute atomic E-state index is 12.8. The number of hydrogen-bond donors (Lipinski definition) is 2. The highest BCUT2D eigenvalue weighted by Gasteiger charge is 2.29. The van der Waals surface area contributed by atoms with Gasteiger partial charge in [-0.2, -0.15) is 5.10 Å². The third-order valence-electron chi connectivity index (χ3n) is 6.25. The fourth-order valence-electron chi connectivity index (χ4n) is 4.86. The van der Waals surface area contributed by atoms with E-state index in [1.54, 1.807) is 4.68 Å². The Bertz CT molecular complexity index is 1080. The fourth-order valence-corrected chi connectivity index (χ4v) is 5.68. The van der Waals surface area contributed by atoms with E-state index in [-0.39, 0.29) is 0 Å². The van der Waals surface area contributed by atoms with Crippen LogP contribution in [0.3, 0.4) is 0 Å². The third kappa shape index (κ3) is 3.23. The van der Waals surface area contributed by atoms with E-state index in [1.165, 1.54) is 28.5 Å². The van der Waals surface area contributed by atoms with E-state index in [0.29, 0.717) is 35.8 Å². The SMILES string of the molecule is C[C@@H]1COc2c(/[SH](=O)=N/C(=O)Nc3c4c(cc5c3[C@H](C)CC5)CCC4)cnn2C1. The first-order chi connectivity index (χ1) is 14.0. The van der Waals surface area contributed by atoms with Crippen molar-refractivity contribution in [1.82, 2.24) is 9.78 Å². The van der Waals surface area contributed by atoms with Crippen molar-refractivity contribution in [3.05, 3.63) is 34.5 Å². The van der Waals surface area contributed by atoms with Crippen LogP contribution in [0, 0.1) is 5.92 Å². The van der Waals surface area contributed by atoms with Gasteiger partial charge in [-0.15, -0.1) is 4.36 Å². The maximum Gasteiger partial charge on any atom is 0.353 e. The summed E-state index contributed by atoms with van der Waals surface area (Å²) in [4.78, 5) is 13.1. The molecule has 8 heteroatoms. The van der Waals surface area contributed by atoms with Crippen molar-refractivity contribution >= 4 is 22.3 Å². The molecule has 1 aliphatic heterocycles. The molecule has 29 heavy (non-hydrogen) atoms. The monoisotopic (exact) mass is 414 g/mol. The second-order valence-corrected chi connectivity index (χ2v) is 9.72. The molecule has 1 aromatic heterocycles. The van der Waals surface area contributed by atoms with Gasteiger partial charge >= 0.3 is 6.03 Å². The van der Waals surface area contributed by atoms with Crippen molar-refractivity contribution in [1.29, 1.82) is 0 Å². The number of thiol groups is 1. The van der Waals surface area contributed by atoms with Crippen molar-refractivity contribution in [2.75, 3.05) is 11.9 Å². The molecule has 2 aromatic rings. The van der Waals surface area contributed by atoms with Gasteiger partial charge in [0.05, 0.1) is 29.9 Å². The van der Waals surface area contributed by atoms with Crippen LogP contribution in [-0.4, -0.2) is 26.6 Å². The molecule has 3 aliphatic rings. The quantitative estimate of drug-likeness (QED) is 0.734. The Morgan fingerprint density at radius 1 is 1.31 bits per heavy atom. The van der Waals surface area contributed by atoms with Gasteiger partial charge in [0, 0.05) is 11.6 Å². The standard InChI is InChI=1S/C21H26N4O3S/c1-12-10-25-20(28-11-12)17(9-22-25)29(27)24-21(26)23-19-16-5-3-4-14(16)8-15-7-6-13(2)18(15)19/h8-9,12-13,29H,3-7,10-11H2,1-2H3,(H,23,26)/t12-,13+/m0/s1. The van der Waals surface area contributed by atoms with Crippen molar-refractivity contribution in [2.24, 2.45) is 10.3 Å². The van der Waals surface area contributed by atoms with Gasteiger partial charge < -0.3 is 10.1 Å². The van der Waals surface area contributed by atoms with Crippen molar-refractivity contribution in [3.8, 4) is 5.88 Å². The zero-order chi connectivity index (χ0) is 20.1. The van der Waals surface area contributed by atoms with Gasteiger partial charge in [-0.25, -0.2) is 13.7 Å². The number of urea groups is 1. The van der Waals surface area contributed by atoms with Crippen molar-refractivity contribution in [2.45, 2.75) is 63.3 Å². The topological polar surface area (TPSA) is 85.6 Å². The lowest BCUT2D eigenvalue weighted by Crippen LogP contribution is -2.23. The van der Waals surface area contributed by atoms with Crippen LogP contribution in [0.15, 0.2) is 21.5 Å². The molecule has 2 aliphatic carbocycles. The molecule has 0 bridgehead atoms. The van der Waals surface area contributed by atoms with Crippen LogP contribution in [0.1, 0.15) is 54.9 Å². The summed E-state index contributed by atoms with van der Waals surface area (Å²) in [5, 5.41) is 7.24. The van der Waals surface area contributed by atoms with E-state index >= 15 is 0 Å². The summed E-state index contributed by atoms with van der Waals surface area (Å²) in [6, 6.07) is 1.77. The largest absolute Gasteiger partial charge is 0.477 e. The summed E-state index contributed by atoms with van der Waals surface area (Å²) in [7, 11) is -2.27. The summed E-state index contributed by atoms with van der Waals surface area (Å²) in [5.41, 5.74) is 6.07. The lowest BCUT2D eigenvalue weighted by atomic mass is 9.95. The number of ether oxygens (including phenoxy) is 1. The number of aromatic nitrogens is 2. The Labute approximate surface area is 172 Å². The number of benzene rings is 1. The van der Waals surface area contributed by atoms with Crippen LogP contribution in [0.5, 0.6) is 5.88 Å². The molecule has 154 valence electrons. The molecule has 0 saturated carbocycles. The Hall–Kier alpha value is -2.35. The van der Waals surface area contributed by atoms with Crippen LogP contribution in [-0.2, 0) is 36.4 Å². The molecule has 0 radical (unpaired) electrons. The van der Waals surface area contributed by atoms with Crippen LogP contribution >= 0.6 is 0 Å². The first-order valence-electron chi connectivity index (χ1n) is 10.4. The number of fused-ring (bicyclic) bond motifs is 3. The predicted octanol–water partition coefficient (Wildman–Crippen LogP) is 3.71. The number of carbonyl (C=O) groups excluding carboxylic acids is 1. The molecule has 1 unspecified atom stereocenters. The summed E-state index contributed by atoms with van der Waals surface area (Å²) in [6.45, 7) is 5.54. The first kappa shape index (κ1) is 18.7. The van der Waals surface area contributed by atoms with Gasteiger partial charge in [0.2, 0.25) is 5.88 Å². The predicted molar refractivity (Wildman–Crippen MR) is 111 cm³/mol. The lowest BCUT2D eigenvalue weighted by molar-refractivity contribution is 0.171. The highest BCUT2D eigenvalue weighted by Crippen LogP contribution is 2.43. The normalized spacial score (nSPS) is 23.2. The number of anilines is 1. The third-order valence-corrected chi connectivity index (χ3v) is 7.33. The number of nitrogens with one attached hydrogen (secondary N) is 1.